The van der Waals surface area contributed by atoms with Gasteiger partial charge in [0.2, 0.25) is 0 Å². The van der Waals surface area contributed by atoms with Crippen LogP contribution in [0.15, 0.2) is 41.2 Å². The number of carbonyl (C=O) groups is 1. The van der Waals surface area contributed by atoms with E-state index in [9.17, 15) is 9.59 Å². The first-order chi connectivity index (χ1) is 14.0. The maximum Gasteiger partial charge on any atom is 0.253 e. The Morgan fingerprint density at radius 1 is 1.21 bits per heavy atom. The van der Waals surface area contributed by atoms with Gasteiger partial charge >= 0.3 is 0 Å². The van der Waals surface area contributed by atoms with E-state index in [4.69, 9.17) is 0 Å². The second-order valence-corrected chi connectivity index (χ2v) is 7.62. The van der Waals surface area contributed by atoms with E-state index in [0.29, 0.717) is 18.7 Å². The van der Waals surface area contributed by atoms with E-state index in [2.05, 4.69) is 10.4 Å². The summed E-state index contributed by atoms with van der Waals surface area (Å²) in [5.41, 5.74) is 6.35. The maximum absolute atomic E-state index is 13.2. The molecule has 0 saturated carbocycles. The second kappa shape index (κ2) is 7.70. The van der Waals surface area contributed by atoms with Crippen molar-refractivity contribution in [1.29, 1.82) is 0 Å². The molecule has 6 nitrogen and oxygen atoms in total. The van der Waals surface area contributed by atoms with Crippen LogP contribution < -0.4 is 10.9 Å². The standard InChI is InChI=1S/C23H26N4O2/c1-15-18(16(2)26(3)25-15)11-12-24-23(29)22-19(17-8-5-4-6-9-17)14-21(28)27-13-7-10-20(22)27/h4-6,8-9,14H,7,10-13H2,1-3H3,(H,24,29). The van der Waals surface area contributed by atoms with Gasteiger partial charge < -0.3 is 9.88 Å². The molecule has 1 aliphatic heterocycles. The van der Waals surface area contributed by atoms with E-state index in [1.807, 2.05) is 55.9 Å². The van der Waals surface area contributed by atoms with E-state index >= 15 is 0 Å². The normalized spacial score (nSPS) is 12.8. The number of carbonyl (C=O) groups excluding carboxylic acids is 1. The highest BCUT2D eigenvalue weighted by Crippen LogP contribution is 2.28. The van der Waals surface area contributed by atoms with Crippen molar-refractivity contribution in [3.8, 4) is 11.1 Å². The minimum Gasteiger partial charge on any atom is -0.352 e. The van der Waals surface area contributed by atoms with E-state index in [-0.39, 0.29) is 11.5 Å². The summed E-state index contributed by atoms with van der Waals surface area (Å²) in [4.78, 5) is 25.8. The number of pyridine rings is 1. The molecule has 1 aliphatic rings. The van der Waals surface area contributed by atoms with Gasteiger partial charge in [-0.25, -0.2) is 0 Å². The Morgan fingerprint density at radius 2 is 1.97 bits per heavy atom. The van der Waals surface area contributed by atoms with Crippen molar-refractivity contribution in [2.75, 3.05) is 6.54 Å². The van der Waals surface area contributed by atoms with Gasteiger partial charge in [-0.1, -0.05) is 30.3 Å². The predicted molar refractivity (Wildman–Crippen MR) is 113 cm³/mol. The van der Waals surface area contributed by atoms with Crippen LogP contribution >= 0.6 is 0 Å². The van der Waals surface area contributed by atoms with Gasteiger partial charge in [-0.05, 0) is 44.2 Å². The molecule has 0 unspecified atom stereocenters. The number of rotatable bonds is 5. The van der Waals surface area contributed by atoms with E-state index < -0.39 is 0 Å². The van der Waals surface area contributed by atoms with Crippen molar-refractivity contribution in [3.63, 3.8) is 0 Å². The molecule has 0 radical (unpaired) electrons. The topological polar surface area (TPSA) is 68.9 Å². The number of hydrogen-bond donors (Lipinski definition) is 1. The molecule has 0 bridgehead atoms. The Morgan fingerprint density at radius 3 is 2.66 bits per heavy atom. The van der Waals surface area contributed by atoms with Crippen molar-refractivity contribution in [2.45, 2.75) is 39.7 Å². The van der Waals surface area contributed by atoms with Crippen molar-refractivity contribution < 1.29 is 4.79 Å². The van der Waals surface area contributed by atoms with Crippen molar-refractivity contribution >= 4 is 5.91 Å². The van der Waals surface area contributed by atoms with Crippen LogP contribution in [0.5, 0.6) is 0 Å². The van der Waals surface area contributed by atoms with Crippen molar-refractivity contribution in [1.82, 2.24) is 19.7 Å². The van der Waals surface area contributed by atoms with Crippen LogP contribution in [0.3, 0.4) is 0 Å². The summed E-state index contributed by atoms with van der Waals surface area (Å²) < 4.78 is 3.62. The van der Waals surface area contributed by atoms with Gasteiger partial charge in [-0.3, -0.25) is 14.3 Å². The molecular formula is C23H26N4O2. The SMILES string of the molecule is Cc1nn(C)c(C)c1CCNC(=O)c1c(-c2ccccc2)cc(=O)n2c1CCC2. The molecule has 0 aliphatic carbocycles. The molecule has 3 heterocycles. The third-order valence-electron chi connectivity index (χ3n) is 5.84. The number of nitrogens with one attached hydrogen (secondary N) is 1. The van der Waals surface area contributed by atoms with Crippen LogP contribution in [0.2, 0.25) is 0 Å². The summed E-state index contributed by atoms with van der Waals surface area (Å²) in [6, 6.07) is 11.3. The first-order valence-electron chi connectivity index (χ1n) is 10.1. The summed E-state index contributed by atoms with van der Waals surface area (Å²) in [5.74, 6) is -0.117. The zero-order chi connectivity index (χ0) is 20.5. The largest absolute Gasteiger partial charge is 0.352 e. The third kappa shape index (κ3) is 3.50. The number of nitrogens with zero attached hydrogens (tertiary/aromatic N) is 3. The first kappa shape index (κ1) is 19.2. The van der Waals surface area contributed by atoms with Crippen LogP contribution in [0.25, 0.3) is 11.1 Å². The van der Waals surface area contributed by atoms with Gasteiger partial charge in [0, 0.05) is 43.2 Å². The first-order valence-corrected chi connectivity index (χ1v) is 10.1. The number of aromatic nitrogens is 3. The molecule has 0 fully saturated rings. The van der Waals surface area contributed by atoms with Crippen LogP contribution in [0, 0.1) is 13.8 Å². The van der Waals surface area contributed by atoms with Crippen molar-refractivity contribution in [3.05, 3.63) is 75.0 Å². The second-order valence-electron chi connectivity index (χ2n) is 7.62. The van der Waals surface area contributed by atoms with E-state index in [1.165, 1.54) is 5.56 Å². The summed E-state index contributed by atoms with van der Waals surface area (Å²) >= 11 is 0. The van der Waals surface area contributed by atoms with Crippen LogP contribution in [-0.4, -0.2) is 26.8 Å². The number of fused-ring (bicyclic) bond motifs is 1. The van der Waals surface area contributed by atoms with Crippen LogP contribution in [-0.2, 0) is 26.4 Å². The lowest BCUT2D eigenvalue weighted by Crippen LogP contribution is -2.30. The molecule has 1 N–H and O–H groups in total. The number of amides is 1. The Balaban J connectivity index is 1.64. The predicted octanol–water partition coefficient (Wildman–Crippen LogP) is 2.78. The number of hydrogen-bond acceptors (Lipinski definition) is 3. The molecule has 0 saturated heterocycles. The van der Waals surface area contributed by atoms with E-state index in [1.54, 1.807) is 10.6 Å². The Kier molecular flexibility index (Phi) is 5.09. The zero-order valence-corrected chi connectivity index (χ0v) is 17.2. The van der Waals surface area contributed by atoms with Gasteiger partial charge in [-0.15, -0.1) is 0 Å². The van der Waals surface area contributed by atoms with Crippen molar-refractivity contribution in [2.24, 2.45) is 7.05 Å². The Bertz CT molecular complexity index is 1130. The molecule has 0 atom stereocenters. The minimum absolute atomic E-state index is 0.0329. The molecule has 0 spiro atoms. The quantitative estimate of drug-likeness (QED) is 0.728. The summed E-state index contributed by atoms with van der Waals surface area (Å²) in [6.45, 7) is 5.24. The highest BCUT2D eigenvalue weighted by molar-refractivity contribution is 6.02. The maximum atomic E-state index is 13.2. The molecule has 2 aromatic heterocycles. The molecule has 6 heteroatoms. The smallest absolute Gasteiger partial charge is 0.253 e. The molecule has 150 valence electrons. The summed E-state index contributed by atoms with van der Waals surface area (Å²) in [7, 11) is 1.93. The molecule has 1 aromatic carbocycles. The van der Waals surface area contributed by atoms with Crippen LogP contribution in [0.4, 0.5) is 0 Å². The fraction of sp³-hybridized carbons (Fsp3) is 0.348. The average Bonchev–Trinajstić information content (AvgIpc) is 3.29. The number of aryl methyl sites for hydroxylation is 2. The zero-order valence-electron chi connectivity index (χ0n) is 17.2. The fourth-order valence-corrected chi connectivity index (χ4v) is 4.27. The summed E-state index contributed by atoms with van der Waals surface area (Å²) in [5, 5.41) is 7.52. The molecule has 1 amide bonds. The highest BCUT2D eigenvalue weighted by Gasteiger charge is 2.25. The lowest BCUT2D eigenvalue weighted by Gasteiger charge is -2.15. The van der Waals surface area contributed by atoms with Gasteiger partial charge in [0.05, 0.1) is 11.3 Å². The van der Waals surface area contributed by atoms with Gasteiger partial charge in [-0.2, -0.15) is 5.10 Å². The molecular weight excluding hydrogens is 364 g/mol. The van der Waals surface area contributed by atoms with Crippen LogP contribution in [0.1, 0.15) is 39.4 Å². The molecule has 4 rings (SSSR count). The summed E-state index contributed by atoms with van der Waals surface area (Å²) in [6.07, 6.45) is 2.37. The average molecular weight is 390 g/mol. The Hall–Kier alpha value is -3.15. The lowest BCUT2D eigenvalue weighted by atomic mass is 9.97. The van der Waals surface area contributed by atoms with E-state index in [0.717, 1.165) is 47.5 Å². The lowest BCUT2D eigenvalue weighted by molar-refractivity contribution is 0.0953. The highest BCUT2D eigenvalue weighted by atomic mass is 16.2. The minimum atomic E-state index is -0.117. The fourth-order valence-electron chi connectivity index (χ4n) is 4.27. The van der Waals surface area contributed by atoms with Gasteiger partial charge in [0.25, 0.3) is 11.5 Å². The Labute approximate surface area is 170 Å². The molecule has 29 heavy (non-hydrogen) atoms. The van der Waals surface area contributed by atoms with Gasteiger partial charge in [0.1, 0.15) is 0 Å². The third-order valence-corrected chi connectivity index (χ3v) is 5.84. The van der Waals surface area contributed by atoms with Gasteiger partial charge in [0.15, 0.2) is 0 Å². The monoisotopic (exact) mass is 390 g/mol. The number of benzene rings is 1. The molecule has 3 aromatic rings.